The van der Waals surface area contributed by atoms with Crippen LogP contribution >= 0.6 is 12.2 Å². The Kier molecular flexibility index (Phi) is 6.61. The average Bonchev–Trinajstić information content (AvgIpc) is 2.74. The maximum Gasteiger partial charge on any atom is 0.338 e. The van der Waals surface area contributed by atoms with Gasteiger partial charge >= 0.3 is 5.97 Å². The molecule has 0 saturated carbocycles. The van der Waals surface area contributed by atoms with E-state index in [0.717, 1.165) is 37.6 Å². The third kappa shape index (κ3) is 5.20. The normalized spacial score (nSPS) is 13.7. The van der Waals surface area contributed by atoms with E-state index in [1.54, 1.807) is 43.3 Å². The van der Waals surface area contributed by atoms with Gasteiger partial charge in [-0.15, -0.1) is 0 Å². The van der Waals surface area contributed by atoms with Gasteiger partial charge in [-0.1, -0.05) is 0 Å². The number of rotatable bonds is 5. The number of esters is 1. The average molecular weight is 414 g/mol. The number of nitro groups is 1. The van der Waals surface area contributed by atoms with Crippen LogP contribution in [0.2, 0.25) is 0 Å². The minimum Gasteiger partial charge on any atom is -0.462 e. The summed E-state index contributed by atoms with van der Waals surface area (Å²) in [5, 5.41) is 14.6. The number of thiocarbonyl (C=S) groups is 1. The minimum atomic E-state index is -0.398. The highest BCUT2D eigenvalue weighted by molar-refractivity contribution is 7.80. The number of anilines is 2. The van der Waals surface area contributed by atoms with Gasteiger partial charge in [-0.05, 0) is 55.5 Å². The first-order chi connectivity index (χ1) is 14.0. The zero-order valence-corrected chi connectivity index (χ0v) is 16.9. The van der Waals surface area contributed by atoms with Crippen LogP contribution in [0.5, 0.6) is 0 Å². The molecule has 0 unspecified atom stereocenters. The molecule has 1 aliphatic heterocycles. The Labute approximate surface area is 174 Å². The molecule has 1 heterocycles. The van der Waals surface area contributed by atoms with Gasteiger partial charge in [-0.2, -0.15) is 0 Å². The van der Waals surface area contributed by atoms with Crippen LogP contribution in [-0.4, -0.2) is 53.7 Å². The van der Waals surface area contributed by atoms with Crippen LogP contribution in [0.3, 0.4) is 0 Å². The molecule has 29 heavy (non-hydrogen) atoms. The third-order valence-corrected chi connectivity index (χ3v) is 5.00. The summed E-state index contributed by atoms with van der Waals surface area (Å²) in [5.41, 5.74) is 2.36. The Morgan fingerprint density at radius 3 is 2.28 bits per heavy atom. The van der Waals surface area contributed by atoms with Gasteiger partial charge < -0.3 is 19.9 Å². The number of carbonyl (C=O) groups is 1. The number of benzene rings is 2. The molecule has 2 aromatic carbocycles. The lowest BCUT2D eigenvalue weighted by molar-refractivity contribution is -0.384. The van der Waals surface area contributed by atoms with Gasteiger partial charge in [0.15, 0.2) is 5.11 Å². The summed E-state index contributed by atoms with van der Waals surface area (Å²) in [7, 11) is 0. The Balaban J connectivity index is 1.52. The number of nitrogens with one attached hydrogen (secondary N) is 1. The van der Waals surface area contributed by atoms with Crippen LogP contribution < -0.4 is 10.2 Å². The number of piperazine rings is 1. The van der Waals surface area contributed by atoms with Crippen molar-refractivity contribution in [3.05, 3.63) is 64.2 Å². The highest BCUT2D eigenvalue weighted by Gasteiger charge is 2.20. The highest BCUT2D eigenvalue weighted by Crippen LogP contribution is 2.21. The molecule has 9 heteroatoms. The SMILES string of the molecule is CCOC(=O)c1ccc(NC(=S)N2CCN(c3ccc([N+](=O)[O-])cc3)CC2)cc1. The van der Waals surface area contributed by atoms with Crippen molar-refractivity contribution in [1.82, 2.24) is 4.90 Å². The Bertz CT molecular complexity index is 878. The van der Waals surface area contributed by atoms with Crippen molar-refractivity contribution in [3.63, 3.8) is 0 Å². The van der Waals surface area contributed by atoms with Crippen LogP contribution in [0.25, 0.3) is 0 Å². The summed E-state index contributed by atoms with van der Waals surface area (Å²) in [6.07, 6.45) is 0. The van der Waals surface area contributed by atoms with E-state index < -0.39 is 4.92 Å². The number of hydrogen-bond donors (Lipinski definition) is 1. The van der Waals surface area contributed by atoms with Gasteiger partial charge in [-0.25, -0.2) is 4.79 Å². The molecular weight excluding hydrogens is 392 g/mol. The molecule has 1 N–H and O–H groups in total. The predicted octanol–water partition coefficient (Wildman–Crippen LogP) is 3.29. The van der Waals surface area contributed by atoms with E-state index in [4.69, 9.17) is 17.0 Å². The van der Waals surface area contributed by atoms with Crippen molar-refractivity contribution < 1.29 is 14.5 Å². The number of carbonyl (C=O) groups excluding carboxylic acids is 1. The molecule has 0 spiro atoms. The Hall–Kier alpha value is -3.20. The number of non-ortho nitro benzene ring substituents is 1. The van der Waals surface area contributed by atoms with Crippen LogP contribution in [0.1, 0.15) is 17.3 Å². The van der Waals surface area contributed by atoms with Crippen molar-refractivity contribution in [3.8, 4) is 0 Å². The lowest BCUT2D eigenvalue weighted by Gasteiger charge is -2.37. The van der Waals surface area contributed by atoms with E-state index in [1.165, 1.54) is 12.1 Å². The zero-order valence-electron chi connectivity index (χ0n) is 16.0. The summed E-state index contributed by atoms with van der Waals surface area (Å²) in [6.45, 7) is 5.12. The summed E-state index contributed by atoms with van der Waals surface area (Å²) < 4.78 is 4.98. The molecule has 3 rings (SSSR count). The summed E-state index contributed by atoms with van der Waals surface area (Å²) in [5.74, 6) is -0.344. The molecule has 0 radical (unpaired) electrons. The van der Waals surface area contributed by atoms with Gasteiger partial charge in [0, 0.05) is 49.7 Å². The van der Waals surface area contributed by atoms with E-state index in [0.29, 0.717) is 17.3 Å². The number of nitrogens with zero attached hydrogens (tertiary/aromatic N) is 3. The number of ether oxygens (including phenoxy) is 1. The molecule has 1 fully saturated rings. The van der Waals surface area contributed by atoms with Gasteiger partial charge in [-0.3, -0.25) is 10.1 Å². The van der Waals surface area contributed by atoms with E-state index in [9.17, 15) is 14.9 Å². The summed E-state index contributed by atoms with van der Waals surface area (Å²) >= 11 is 5.51. The molecule has 0 atom stereocenters. The van der Waals surface area contributed by atoms with Gasteiger partial charge in [0.1, 0.15) is 0 Å². The van der Waals surface area contributed by atoms with Gasteiger partial charge in [0.25, 0.3) is 5.69 Å². The van der Waals surface area contributed by atoms with Crippen LogP contribution in [-0.2, 0) is 4.74 Å². The topological polar surface area (TPSA) is 88.0 Å². The quantitative estimate of drug-likeness (QED) is 0.345. The molecule has 2 aromatic rings. The summed E-state index contributed by atoms with van der Waals surface area (Å²) in [4.78, 5) is 26.3. The lowest BCUT2D eigenvalue weighted by atomic mass is 10.2. The Morgan fingerprint density at radius 1 is 1.10 bits per heavy atom. The van der Waals surface area contributed by atoms with E-state index >= 15 is 0 Å². The number of nitro benzene ring substituents is 1. The second-order valence-corrected chi connectivity index (χ2v) is 6.86. The fourth-order valence-corrected chi connectivity index (χ4v) is 3.36. The van der Waals surface area contributed by atoms with Gasteiger partial charge in [0.2, 0.25) is 0 Å². The first kappa shape index (κ1) is 20.5. The van der Waals surface area contributed by atoms with Crippen LogP contribution in [0.15, 0.2) is 48.5 Å². The van der Waals surface area contributed by atoms with Crippen molar-refractivity contribution in [2.45, 2.75) is 6.92 Å². The zero-order chi connectivity index (χ0) is 20.8. The van der Waals surface area contributed by atoms with Crippen molar-refractivity contribution >= 4 is 40.4 Å². The smallest absolute Gasteiger partial charge is 0.338 e. The second-order valence-electron chi connectivity index (χ2n) is 6.48. The highest BCUT2D eigenvalue weighted by atomic mass is 32.1. The Morgan fingerprint density at radius 2 is 1.72 bits per heavy atom. The van der Waals surface area contributed by atoms with E-state index in [1.807, 2.05) is 0 Å². The fourth-order valence-electron chi connectivity index (χ4n) is 3.06. The first-order valence-corrected chi connectivity index (χ1v) is 9.71. The molecule has 0 bridgehead atoms. The van der Waals surface area contributed by atoms with Crippen molar-refractivity contribution in [2.75, 3.05) is 43.0 Å². The molecular formula is C20H22N4O4S. The standard InChI is InChI=1S/C20H22N4O4S/c1-2-28-19(25)15-3-5-16(6-4-15)21-20(29)23-13-11-22(12-14-23)17-7-9-18(10-8-17)24(26)27/h3-10H,2,11-14H2,1H3,(H,21,29). The molecule has 0 amide bonds. The minimum absolute atomic E-state index is 0.0896. The maximum atomic E-state index is 11.7. The second kappa shape index (κ2) is 9.33. The van der Waals surface area contributed by atoms with Crippen LogP contribution in [0.4, 0.5) is 17.1 Å². The molecule has 0 aliphatic carbocycles. The van der Waals surface area contributed by atoms with Crippen LogP contribution in [0, 0.1) is 10.1 Å². The van der Waals surface area contributed by atoms with Crippen molar-refractivity contribution in [2.24, 2.45) is 0 Å². The molecule has 8 nitrogen and oxygen atoms in total. The van der Waals surface area contributed by atoms with Gasteiger partial charge in [0.05, 0.1) is 17.1 Å². The molecule has 152 valence electrons. The monoisotopic (exact) mass is 414 g/mol. The van der Waals surface area contributed by atoms with Crippen molar-refractivity contribution in [1.29, 1.82) is 0 Å². The predicted molar refractivity (Wildman–Crippen MR) is 116 cm³/mol. The number of hydrogen-bond acceptors (Lipinski definition) is 6. The summed E-state index contributed by atoms with van der Waals surface area (Å²) in [6, 6.07) is 13.6. The lowest BCUT2D eigenvalue weighted by Crippen LogP contribution is -2.50. The first-order valence-electron chi connectivity index (χ1n) is 9.30. The molecule has 0 aromatic heterocycles. The third-order valence-electron chi connectivity index (χ3n) is 4.64. The van der Waals surface area contributed by atoms with E-state index in [-0.39, 0.29) is 11.7 Å². The maximum absolute atomic E-state index is 11.7. The van der Waals surface area contributed by atoms with E-state index in [2.05, 4.69) is 15.1 Å². The molecule has 1 saturated heterocycles. The fraction of sp³-hybridized carbons (Fsp3) is 0.300. The largest absolute Gasteiger partial charge is 0.462 e. The molecule has 1 aliphatic rings.